The summed E-state index contributed by atoms with van der Waals surface area (Å²) < 4.78 is 4.57. The van der Waals surface area contributed by atoms with Crippen LogP contribution in [0.3, 0.4) is 0 Å². The molecule has 13 heavy (non-hydrogen) atoms. The van der Waals surface area contributed by atoms with Crippen LogP contribution < -0.4 is 4.90 Å². The normalized spacial score (nSPS) is 21.9. The van der Waals surface area contributed by atoms with E-state index >= 15 is 0 Å². The maximum atomic E-state index is 11.1. The molecule has 1 aliphatic carbocycles. The van der Waals surface area contributed by atoms with Crippen molar-refractivity contribution in [1.29, 1.82) is 0 Å². The highest BCUT2D eigenvalue weighted by molar-refractivity contribution is 5.19. The average Bonchev–Trinajstić information content (AvgIpc) is 2.51. The molecule has 1 heterocycles. The number of rotatable bonds is 0. The van der Waals surface area contributed by atoms with Gasteiger partial charge in [0.1, 0.15) is 0 Å². The molecule has 0 aromatic carbocycles. The van der Waals surface area contributed by atoms with Gasteiger partial charge in [0.15, 0.2) is 5.69 Å². The van der Waals surface area contributed by atoms with Crippen molar-refractivity contribution in [2.45, 2.75) is 39.5 Å². The zero-order chi connectivity index (χ0) is 9.64. The quantitative estimate of drug-likeness (QED) is 0.569. The summed E-state index contributed by atoms with van der Waals surface area (Å²) in [5.41, 5.74) is 1.75. The SMILES string of the molecule is CC(C)(C)C1CCc2c1no[n+]2[O-]. The van der Waals surface area contributed by atoms with Gasteiger partial charge in [-0.3, -0.25) is 4.63 Å². The van der Waals surface area contributed by atoms with E-state index in [9.17, 15) is 5.21 Å². The van der Waals surface area contributed by atoms with E-state index in [1.165, 1.54) is 0 Å². The van der Waals surface area contributed by atoms with E-state index in [4.69, 9.17) is 0 Å². The molecule has 0 amide bonds. The fraction of sp³-hybridized carbons (Fsp3) is 0.778. The molecule has 0 fully saturated rings. The first-order valence-corrected chi connectivity index (χ1v) is 4.58. The third-order valence-corrected chi connectivity index (χ3v) is 2.77. The average molecular weight is 182 g/mol. The molecule has 72 valence electrons. The van der Waals surface area contributed by atoms with Crippen LogP contribution in [0.4, 0.5) is 0 Å². The summed E-state index contributed by atoms with van der Waals surface area (Å²) in [5, 5.41) is 14.9. The van der Waals surface area contributed by atoms with Gasteiger partial charge in [0.2, 0.25) is 5.69 Å². The molecule has 2 rings (SSSR count). The zero-order valence-electron chi connectivity index (χ0n) is 8.20. The first-order valence-electron chi connectivity index (χ1n) is 4.58. The lowest BCUT2D eigenvalue weighted by molar-refractivity contribution is -0.807. The fourth-order valence-electron chi connectivity index (χ4n) is 2.02. The van der Waals surface area contributed by atoms with Crippen LogP contribution in [0.25, 0.3) is 0 Å². The topological polar surface area (TPSA) is 53.0 Å². The van der Waals surface area contributed by atoms with E-state index in [1.54, 1.807) is 0 Å². The molecular formula is C9H14N2O2. The standard InChI is InChI=1S/C9H14N2O2/c1-9(2,3)6-4-5-7-8(6)10-13-11(7)12/h6H,4-5H2,1-3H3. The molecule has 1 aromatic heterocycles. The molecule has 4 heteroatoms. The van der Waals surface area contributed by atoms with Gasteiger partial charge in [0, 0.05) is 17.5 Å². The minimum atomic E-state index is 0.162. The number of aromatic nitrogens is 2. The van der Waals surface area contributed by atoms with E-state index in [0.717, 1.165) is 24.2 Å². The summed E-state index contributed by atoms with van der Waals surface area (Å²) in [4.78, 5) is 0.543. The van der Waals surface area contributed by atoms with Crippen molar-refractivity contribution in [1.82, 2.24) is 5.16 Å². The number of hydrogen-bond acceptors (Lipinski definition) is 3. The number of nitrogens with zero attached hydrogens (tertiary/aromatic N) is 2. The van der Waals surface area contributed by atoms with Gasteiger partial charge in [-0.25, -0.2) is 0 Å². The molecule has 0 saturated carbocycles. The van der Waals surface area contributed by atoms with Crippen LogP contribution in [0.15, 0.2) is 4.63 Å². The molecule has 0 N–H and O–H groups in total. The van der Waals surface area contributed by atoms with E-state index in [0.29, 0.717) is 10.8 Å². The minimum absolute atomic E-state index is 0.162. The van der Waals surface area contributed by atoms with Crippen LogP contribution in [0.1, 0.15) is 44.5 Å². The molecule has 1 atom stereocenters. The summed E-state index contributed by atoms with van der Waals surface area (Å²) in [5.74, 6) is 0.362. The first kappa shape index (κ1) is 8.53. The summed E-state index contributed by atoms with van der Waals surface area (Å²) in [7, 11) is 0. The fourth-order valence-corrected chi connectivity index (χ4v) is 2.02. The van der Waals surface area contributed by atoms with Crippen LogP contribution in [0.5, 0.6) is 0 Å². The van der Waals surface area contributed by atoms with E-state index in [-0.39, 0.29) is 5.41 Å². The van der Waals surface area contributed by atoms with Gasteiger partial charge in [0.05, 0.1) is 0 Å². The van der Waals surface area contributed by atoms with Gasteiger partial charge in [-0.1, -0.05) is 20.8 Å². The second kappa shape index (κ2) is 2.47. The van der Waals surface area contributed by atoms with Crippen molar-refractivity contribution in [3.63, 3.8) is 0 Å². The van der Waals surface area contributed by atoms with E-state index in [2.05, 4.69) is 30.6 Å². The Morgan fingerprint density at radius 3 is 2.85 bits per heavy atom. The molecule has 0 aliphatic heterocycles. The Bertz CT molecular complexity index is 325. The Balaban J connectivity index is 2.39. The maximum Gasteiger partial charge on any atom is 0.224 e. The lowest BCUT2D eigenvalue weighted by Crippen LogP contribution is -2.27. The highest BCUT2D eigenvalue weighted by Gasteiger charge is 2.40. The molecule has 1 unspecified atom stereocenters. The molecule has 0 radical (unpaired) electrons. The third-order valence-electron chi connectivity index (χ3n) is 2.77. The van der Waals surface area contributed by atoms with Gasteiger partial charge in [0.25, 0.3) is 0 Å². The predicted molar refractivity (Wildman–Crippen MR) is 46.0 cm³/mol. The van der Waals surface area contributed by atoms with Crippen molar-refractivity contribution >= 4 is 0 Å². The van der Waals surface area contributed by atoms with Gasteiger partial charge in [-0.05, 0) is 16.7 Å². The largest absolute Gasteiger partial charge is 0.359 e. The summed E-state index contributed by atoms with van der Waals surface area (Å²) in [6.45, 7) is 6.49. The van der Waals surface area contributed by atoms with Crippen molar-refractivity contribution in [3.8, 4) is 0 Å². The third kappa shape index (κ3) is 1.20. The molecule has 0 saturated heterocycles. The van der Waals surface area contributed by atoms with Crippen LogP contribution >= 0.6 is 0 Å². The van der Waals surface area contributed by atoms with Crippen LogP contribution in [0.2, 0.25) is 0 Å². The van der Waals surface area contributed by atoms with Gasteiger partial charge in [-0.2, -0.15) is 0 Å². The molecule has 4 nitrogen and oxygen atoms in total. The zero-order valence-corrected chi connectivity index (χ0v) is 8.20. The summed E-state index contributed by atoms with van der Waals surface area (Å²) >= 11 is 0. The Morgan fingerprint density at radius 2 is 2.23 bits per heavy atom. The Hall–Kier alpha value is -1.06. The van der Waals surface area contributed by atoms with Crippen molar-refractivity contribution in [2.24, 2.45) is 5.41 Å². The van der Waals surface area contributed by atoms with Crippen LogP contribution in [-0.4, -0.2) is 5.16 Å². The van der Waals surface area contributed by atoms with Gasteiger partial charge in [-0.15, -0.1) is 0 Å². The number of fused-ring (bicyclic) bond motifs is 1. The maximum absolute atomic E-state index is 11.1. The highest BCUT2D eigenvalue weighted by atomic mass is 16.8. The minimum Gasteiger partial charge on any atom is -0.359 e. The molecular weight excluding hydrogens is 168 g/mol. The second-order valence-electron chi connectivity index (χ2n) is 4.72. The monoisotopic (exact) mass is 182 g/mol. The molecule has 0 spiro atoms. The lowest BCUT2D eigenvalue weighted by atomic mass is 9.79. The summed E-state index contributed by atoms with van der Waals surface area (Å²) in [6, 6.07) is 0. The van der Waals surface area contributed by atoms with Crippen molar-refractivity contribution in [2.75, 3.05) is 0 Å². The highest BCUT2D eigenvalue weighted by Crippen LogP contribution is 2.42. The predicted octanol–water partition coefficient (Wildman–Crippen LogP) is 1.38. The molecule has 1 aromatic rings. The van der Waals surface area contributed by atoms with Crippen molar-refractivity contribution in [3.05, 3.63) is 16.6 Å². The van der Waals surface area contributed by atoms with Crippen LogP contribution in [-0.2, 0) is 6.42 Å². The summed E-state index contributed by atoms with van der Waals surface area (Å²) in [6.07, 6.45) is 1.81. The number of hydrogen-bond donors (Lipinski definition) is 0. The van der Waals surface area contributed by atoms with Crippen molar-refractivity contribution < 1.29 is 9.53 Å². The Morgan fingerprint density at radius 1 is 1.54 bits per heavy atom. The van der Waals surface area contributed by atoms with Gasteiger partial charge < -0.3 is 5.21 Å². The van der Waals surface area contributed by atoms with E-state index < -0.39 is 0 Å². The lowest BCUT2D eigenvalue weighted by Gasteiger charge is -2.23. The second-order valence-corrected chi connectivity index (χ2v) is 4.72. The Kier molecular flexibility index (Phi) is 1.62. The van der Waals surface area contributed by atoms with E-state index in [1.807, 2.05) is 0 Å². The smallest absolute Gasteiger partial charge is 0.224 e. The van der Waals surface area contributed by atoms with Gasteiger partial charge >= 0.3 is 0 Å². The molecule has 1 aliphatic rings. The molecule has 0 bridgehead atoms. The first-order chi connectivity index (χ1) is 6.00. The van der Waals surface area contributed by atoms with Crippen LogP contribution in [0, 0.1) is 10.6 Å². The Labute approximate surface area is 77.1 Å².